The van der Waals surface area contributed by atoms with Crippen molar-refractivity contribution in [1.82, 2.24) is 10.6 Å². The summed E-state index contributed by atoms with van der Waals surface area (Å²) in [6, 6.07) is 15.6. The molecule has 0 spiro atoms. The van der Waals surface area contributed by atoms with E-state index < -0.39 is 18.1 Å². The molecule has 0 fully saturated rings. The number of fused-ring (bicyclic) bond motifs is 3. The van der Waals surface area contributed by atoms with Crippen molar-refractivity contribution in [3.8, 4) is 11.1 Å². The van der Waals surface area contributed by atoms with Crippen molar-refractivity contribution in [2.45, 2.75) is 57.4 Å². The van der Waals surface area contributed by atoms with Gasteiger partial charge in [0.25, 0.3) is 0 Å². The van der Waals surface area contributed by atoms with Gasteiger partial charge in [0.05, 0.1) is 0 Å². The highest BCUT2D eigenvalue weighted by molar-refractivity contribution is 5.85. The van der Waals surface area contributed by atoms with Gasteiger partial charge in [0.15, 0.2) is 0 Å². The maximum Gasteiger partial charge on any atom is 0.407 e. The summed E-state index contributed by atoms with van der Waals surface area (Å²) in [6.07, 6.45) is 2.78. The van der Waals surface area contributed by atoms with E-state index in [4.69, 9.17) is 9.84 Å². The van der Waals surface area contributed by atoms with Crippen LogP contribution in [0.3, 0.4) is 0 Å². The van der Waals surface area contributed by atoms with Gasteiger partial charge in [-0.1, -0.05) is 68.3 Å². The van der Waals surface area contributed by atoms with Crippen LogP contribution in [-0.2, 0) is 14.3 Å². The van der Waals surface area contributed by atoms with Crippen LogP contribution < -0.4 is 10.6 Å². The number of carbonyl (C=O) groups is 3. The maximum atomic E-state index is 12.5. The fraction of sp³-hybridized carbons (Fsp3) is 0.423. The number of carbonyl (C=O) groups excluding carboxylic acids is 2. The number of rotatable bonds is 12. The number of benzene rings is 2. The molecular formula is C26H32N2O5. The maximum absolute atomic E-state index is 12.5. The Hall–Kier alpha value is -3.35. The summed E-state index contributed by atoms with van der Waals surface area (Å²) in [5.74, 6) is -1.09. The molecule has 0 saturated heterocycles. The average molecular weight is 453 g/mol. The van der Waals surface area contributed by atoms with E-state index in [1.807, 2.05) is 31.2 Å². The average Bonchev–Trinajstić information content (AvgIpc) is 3.13. The molecule has 0 aromatic heterocycles. The van der Waals surface area contributed by atoms with Crippen molar-refractivity contribution in [2.75, 3.05) is 13.2 Å². The molecule has 2 amide bonds. The molecule has 0 radical (unpaired) electrons. The van der Waals surface area contributed by atoms with Gasteiger partial charge < -0.3 is 20.5 Å². The molecule has 3 rings (SSSR count). The van der Waals surface area contributed by atoms with Gasteiger partial charge in [-0.2, -0.15) is 0 Å². The van der Waals surface area contributed by atoms with Crippen LogP contribution in [0, 0.1) is 0 Å². The zero-order valence-electron chi connectivity index (χ0n) is 19.0. The lowest BCUT2D eigenvalue weighted by Crippen LogP contribution is -2.47. The number of amides is 2. The predicted molar refractivity (Wildman–Crippen MR) is 126 cm³/mol. The van der Waals surface area contributed by atoms with Crippen molar-refractivity contribution in [3.63, 3.8) is 0 Å². The summed E-state index contributed by atoms with van der Waals surface area (Å²) in [4.78, 5) is 35.6. The van der Waals surface area contributed by atoms with Gasteiger partial charge >= 0.3 is 12.1 Å². The minimum Gasteiger partial charge on any atom is -0.481 e. The van der Waals surface area contributed by atoms with Gasteiger partial charge in [-0.3, -0.25) is 9.59 Å². The Morgan fingerprint density at radius 3 is 2.21 bits per heavy atom. The SMILES string of the molecule is CCC[C@H](NC(=O)OCC1c2ccccc2-c2ccccc21)C(=O)NCCCCCC(=O)O. The number of unbranched alkanes of at least 4 members (excludes halogenated alkanes) is 2. The van der Waals surface area contributed by atoms with E-state index >= 15 is 0 Å². The second-order valence-corrected chi connectivity index (χ2v) is 8.31. The first-order valence-electron chi connectivity index (χ1n) is 11.6. The van der Waals surface area contributed by atoms with E-state index in [0.29, 0.717) is 25.8 Å². The van der Waals surface area contributed by atoms with Crippen LogP contribution in [0.1, 0.15) is 62.5 Å². The van der Waals surface area contributed by atoms with Crippen molar-refractivity contribution in [1.29, 1.82) is 0 Å². The van der Waals surface area contributed by atoms with E-state index in [2.05, 4.69) is 34.9 Å². The van der Waals surface area contributed by atoms with E-state index in [1.54, 1.807) is 0 Å². The van der Waals surface area contributed by atoms with Crippen LogP contribution in [0.4, 0.5) is 4.79 Å². The summed E-state index contributed by atoms with van der Waals surface area (Å²) >= 11 is 0. The molecule has 1 atom stereocenters. The van der Waals surface area contributed by atoms with E-state index in [-0.39, 0.29) is 24.9 Å². The molecule has 0 bridgehead atoms. The third-order valence-electron chi connectivity index (χ3n) is 5.90. The number of nitrogens with one attached hydrogen (secondary N) is 2. The molecule has 176 valence electrons. The third-order valence-corrected chi connectivity index (χ3v) is 5.90. The molecule has 2 aromatic carbocycles. The fourth-order valence-electron chi connectivity index (χ4n) is 4.25. The molecule has 2 aromatic rings. The highest BCUT2D eigenvalue weighted by Gasteiger charge is 2.29. The number of carboxylic acid groups (broad SMARTS) is 1. The zero-order chi connectivity index (χ0) is 23.6. The standard InChI is InChI=1S/C26H32N2O5/c1-2-10-23(25(31)27-16-9-3-4-15-24(29)30)28-26(32)33-17-22-20-13-7-5-11-18(20)19-12-6-8-14-21(19)22/h5-8,11-14,22-23H,2-4,9-10,15-17H2,1H3,(H,27,31)(H,28,32)(H,29,30)/t23-/m0/s1. The zero-order valence-corrected chi connectivity index (χ0v) is 19.0. The lowest BCUT2D eigenvalue weighted by atomic mass is 9.98. The lowest BCUT2D eigenvalue weighted by Gasteiger charge is -2.19. The van der Waals surface area contributed by atoms with Crippen molar-refractivity contribution < 1.29 is 24.2 Å². The van der Waals surface area contributed by atoms with Crippen LogP contribution in [0.5, 0.6) is 0 Å². The van der Waals surface area contributed by atoms with E-state index in [1.165, 1.54) is 0 Å². The number of carboxylic acids is 1. The first-order valence-corrected chi connectivity index (χ1v) is 11.6. The Labute approximate surface area is 194 Å². The van der Waals surface area contributed by atoms with Gasteiger partial charge in [-0.25, -0.2) is 4.79 Å². The topological polar surface area (TPSA) is 105 Å². The lowest BCUT2D eigenvalue weighted by molar-refractivity contribution is -0.137. The highest BCUT2D eigenvalue weighted by Crippen LogP contribution is 2.44. The Kier molecular flexibility index (Phi) is 8.87. The van der Waals surface area contributed by atoms with Gasteiger partial charge in [0.2, 0.25) is 5.91 Å². The minimum absolute atomic E-state index is 0.0348. The van der Waals surface area contributed by atoms with Crippen LogP contribution in [0.15, 0.2) is 48.5 Å². The number of hydrogen-bond donors (Lipinski definition) is 3. The van der Waals surface area contributed by atoms with Crippen molar-refractivity contribution in [3.05, 3.63) is 59.7 Å². The third kappa shape index (κ3) is 6.57. The Morgan fingerprint density at radius 2 is 1.61 bits per heavy atom. The molecule has 0 aliphatic heterocycles. The summed E-state index contributed by atoms with van der Waals surface area (Å²) in [6.45, 7) is 2.60. The van der Waals surface area contributed by atoms with Gasteiger partial charge in [0.1, 0.15) is 12.6 Å². The summed E-state index contributed by atoms with van der Waals surface area (Å²) < 4.78 is 5.56. The van der Waals surface area contributed by atoms with E-state index in [9.17, 15) is 14.4 Å². The number of alkyl carbamates (subject to hydrolysis) is 1. The van der Waals surface area contributed by atoms with Gasteiger partial charge in [0, 0.05) is 18.9 Å². The fourth-order valence-corrected chi connectivity index (χ4v) is 4.25. The smallest absolute Gasteiger partial charge is 0.407 e. The molecule has 7 heteroatoms. The second kappa shape index (κ2) is 12.0. The highest BCUT2D eigenvalue weighted by atomic mass is 16.5. The predicted octanol–water partition coefficient (Wildman–Crippen LogP) is 4.46. The molecule has 3 N–H and O–H groups in total. The molecule has 0 saturated carbocycles. The molecule has 1 aliphatic rings. The number of aliphatic carboxylic acids is 1. The molecule has 1 aliphatic carbocycles. The van der Waals surface area contributed by atoms with Crippen molar-refractivity contribution in [2.24, 2.45) is 0 Å². The number of hydrogen-bond acceptors (Lipinski definition) is 4. The van der Waals surface area contributed by atoms with Crippen LogP contribution in [0.25, 0.3) is 11.1 Å². The van der Waals surface area contributed by atoms with Crippen LogP contribution in [-0.4, -0.2) is 42.3 Å². The molecule has 33 heavy (non-hydrogen) atoms. The largest absolute Gasteiger partial charge is 0.481 e. The monoisotopic (exact) mass is 452 g/mol. The summed E-state index contributed by atoms with van der Waals surface area (Å²) in [7, 11) is 0. The first-order chi connectivity index (χ1) is 16.0. The Morgan fingerprint density at radius 1 is 0.970 bits per heavy atom. The van der Waals surface area contributed by atoms with Crippen LogP contribution in [0.2, 0.25) is 0 Å². The Balaban J connectivity index is 1.50. The normalized spacial score (nSPS) is 13.0. The first kappa shape index (κ1) is 24.3. The quantitative estimate of drug-likeness (QED) is 0.413. The molecular weight excluding hydrogens is 420 g/mol. The Bertz CT molecular complexity index is 929. The summed E-state index contributed by atoms with van der Waals surface area (Å²) in [5, 5.41) is 14.2. The second-order valence-electron chi connectivity index (χ2n) is 8.31. The summed E-state index contributed by atoms with van der Waals surface area (Å²) in [5.41, 5.74) is 4.59. The van der Waals surface area contributed by atoms with E-state index in [0.717, 1.165) is 35.1 Å². The number of ether oxygens (including phenoxy) is 1. The van der Waals surface area contributed by atoms with Crippen LogP contribution >= 0.6 is 0 Å². The van der Waals surface area contributed by atoms with Gasteiger partial charge in [-0.15, -0.1) is 0 Å². The van der Waals surface area contributed by atoms with Gasteiger partial charge in [-0.05, 0) is 41.5 Å². The minimum atomic E-state index is -0.811. The van der Waals surface area contributed by atoms with Crippen molar-refractivity contribution >= 4 is 18.0 Å². The molecule has 0 unspecified atom stereocenters. The molecule has 7 nitrogen and oxygen atoms in total. The molecule has 0 heterocycles.